The molecule has 2 amide bonds. The number of urea groups is 1. The highest BCUT2D eigenvalue weighted by atomic mass is 16.2. The van der Waals surface area contributed by atoms with Crippen molar-refractivity contribution in [1.29, 1.82) is 0 Å². The van der Waals surface area contributed by atoms with E-state index in [0.717, 1.165) is 12.0 Å². The Balaban J connectivity index is 2.12. The Labute approximate surface area is 107 Å². The van der Waals surface area contributed by atoms with Gasteiger partial charge < -0.3 is 16.0 Å². The van der Waals surface area contributed by atoms with E-state index in [9.17, 15) is 4.79 Å². The van der Waals surface area contributed by atoms with Gasteiger partial charge in [-0.3, -0.25) is 4.98 Å². The zero-order valence-electron chi connectivity index (χ0n) is 10.9. The van der Waals surface area contributed by atoms with Crippen LogP contribution in [0.5, 0.6) is 0 Å². The number of aromatic nitrogens is 1. The van der Waals surface area contributed by atoms with Crippen LogP contribution in [0.15, 0.2) is 24.5 Å². The van der Waals surface area contributed by atoms with Gasteiger partial charge in [-0.2, -0.15) is 0 Å². The topological polar surface area (TPSA) is 71.2 Å². The molecule has 1 saturated heterocycles. The lowest BCUT2D eigenvalue weighted by atomic mass is 9.98. The predicted molar refractivity (Wildman–Crippen MR) is 70.0 cm³/mol. The SMILES string of the molecule is CC(C)(CCN)N1CC(c2ccncc2)NC1=O. The number of hydrogen-bond acceptors (Lipinski definition) is 3. The summed E-state index contributed by atoms with van der Waals surface area (Å²) in [7, 11) is 0. The molecule has 98 valence electrons. The first kappa shape index (κ1) is 12.8. The second-order valence-electron chi connectivity index (χ2n) is 5.24. The van der Waals surface area contributed by atoms with Gasteiger partial charge in [-0.1, -0.05) is 0 Å². The molecular weight excluding hydrogens is 228 g/mol. The molecule has 18 heavy (non-hydrogen) atoms. The predicted octanol–water partition coefficient (Wildman–Crippen LogP) is 1.28. The Hall–Kier alpha value is -1.62. The van der Waals surface area contributed by atoms with Crippen molar-refractivity contribution >= 4 is 6.03 Å². The van der Waals surface area contributed by atoms with Gasteiger partial charge in [-0.05, 0) is 44.5 Å². The first-order valence-electron chi connectivity index (χ1n) is 6.23. The standard InChI is InChI=1S/C13H20N4O/c1-13(2,5-6-14)17-9-11(16-12(17)18)10-3-7-15-8-4-10/h3-4,7-8,11H,5-6,9,14H2,1-2H3,(H,16,18). The second kappa shape index (κ2) is 4.94. The minimum absolute atomic E-state index is 0.0183. The summed E-state index contributed by atoms with van der Waals surface area (Å²) in [6, 6.07) is 3.89. The third-order valence-corrected chi connectivity index (χ3v) is 3.50. The molecule has 2 rings (SSSR count). The molecule has 5 nitrogen and oxygen atoms in total. The number of amides is 2. The number of pyridine rings is 1. The number of hydrogen-bond donors (Lipinski definition) is 2. The van der Waals surface area contributed by atoms with Crippen molar-refractivity contribution in [1.82, 2.24) is 15.2 Å². The minimum Gasteiger partial charge on any atom is -0.330 e. The van der Waals surface area contributed by atoms with Crippen LogP contribution < -0.4 is 11.1 Å². The summed E-state index contributed by atoms with van der Waals surface area (Å²) in [6.07, 6.45) is 4.29. The lowest BCUT2D eigenvalue weighted by molar-refractivity contribution is 0.153. The molecule has 3 N–H and O–H groups in total. The van der Waals surface area contributed by atoms with E-state index in [2.05, 4.69) is 10.3 Å². The smallest absolute Gasteiger partial charge is 0.318 e. The number of nitrogens with one attached hydrogen (secondary N) is 1. The molecule has 0 bridgehead atoms. The van der Waals surface area contributed by atoms with E-state index < -0.39 is 0 Å². The van der Waals surface area contributed by atoms with Gasteiger partial charge in [0, 0.05) is 24.5 Å². The normalized spacial score (nSPS) is 20.1. The molecule has 1 aromatic heterocycles. The van der Waals surface area contributed by atoms with Crippen molar-refractivity contribution in [2.45, 2.75) is 31.8 Å². The number of rotatable bonds is 4. The minimum atomic E-state index is -0.208. The van der Waals surface area contributed by atoms with Gasteiger partial charge in [-0.25, -0.2) is 4.79 Å². The number of nitrogens with two attached hydrogens (primary N) is 1. The van der Waals surface area contributed by atoms with Gasteiger partial charge in [0.2, 0.25) is 0 Å². The Bertz CT molecular complexity index is 418. The van der Waals surface area contributed by atoms with E-state index in [1.54, 1.807) is 12.4 Å². The van der Waals surface area contributed by atoms with Crippen molar-refractivity contribution in [2.24, 2.45) is 5.73 Å². The summed E-state index contributed by atoms with van der Waals surface area (Å²) in [5, 5.41) is 3.00. The van der Waals surface area contributed by atoms with Gasteiger partial charge in [0.05, 0.1) is 6.04 Å². The first-order valence-corrected chi connectivity index (χ1v) is 6.23. The molecule has 0 aromatic carbocycles. The van der Waals surface area contributed by atoms with Crippen molar-refractivity contribution in [2.75, 3.05) is 13.1 Å². The summed E-state index contributed by atoms with van der Waals surface area (Å²) >= 11 is 0. The molecule has 1 aromatic rings. The fourth-order valence-electron chi connectivity index (χ4n) is 2.33. The Kier molecular flexibility index (Phi) is 3.52. The summed E-state index contributed by atoms with van der Waals surface area (Å²) in [4.78, 5) is 17.9. The summed E-state index contributed by atoms with van der Waals surface area (Å²) in [5.74, 6) is 0. The van der Waals surface area contributed by atoms with Crippen LogP contribution >= 0.6 is 0 Å². The van der Waals surface area contributed by atoms with Crippen molar-refractivity contribution in [3.8, 4) is 0 Å². The van der Waals surface area contributed by atoms with Crippen molar-refractivity contribution in [3.63, 3.8) is 0 Å². The monoisotopic (exact) mass is 248 g/mol. The zero-order valence-corrected chi connectivity index (χ0v) is 10.9. The maximum Gasteiger partial charge on any atom is 0.318 e. The van der Waals surface area contributed by atoms with Crippen LogP contribution in [0.2, 0.25) is 0 Å². The molecular formula is C13H20N4O. The fraction of sp³-hybridized carbons (Fsp3) is 0.538. The Morgan fingerprint density at radius 3 is 2.78 bits per heavy atom. The number of carbonyl (C=O) groups is 1. The van der Waals surface area contributed by atoms with Crippen LogP contribution in [-0.2, 0) is 0 Å². The third kappa shape index (κ3) is 2.46. The van der Waals surface area contributed by atoms with Crippen LogP contribution in [0, 0.1) is 0 Å². The third-order valence-electron chi connectivity index (χ3n) is 3.50. The molecule has 1 fully saturated rings. The molecule has 1 atom stereocenters. The first-order chi connectivity index (χ1) is 8.54. The lowest BCUT2D eigenvalue weighted by Crippen LogP contribution is -2.46. The maximum absolute atomic E-state index is 12.0. The van der Waals surface area contributed by atoms with Gasteiger partial charge in [0.1, 0.15) is 0 Å². The van der Waals surface area contributed by atoms with Crippen LogP contribution in [0.3, 0.4) is 0 Å². The highest BCUT2D eigenvalue weighted by Crippen LogP contribution is 2.27. The van der Waals surface area contributed by atoms with E-state index in [-0.39, 0.29) is 17.6 Å². The summed E-state index contributed by atoms with van der Waals surface area (Å²) in [5.41, 5.74) is 6.49. The van der Waals surface area contributed by atoms with Gasteiger partial charge >= 0.3 is 6.03 Å². The Morgan fingerprint density at radius 1 is 1.50 bits per heavy atom. The molecule has 2 heterocycles. The highest BCUT2D eigenvalue weighted by molar-refractivity contribution is 5.78. The molecule has 0 aliphatic carbocycles. The summed E-state index contributed by atoms with van der Waals surface area (Å²) < 4.78 is 0. The van der Waals surface area contributed by atoms with E-state index in [0.29, 0.717) is 13.1 Å². The molecule has 0 spiro atoms. The van der Waals surface area contributed by atoms with E-state index in [1.807, 2.05) is 30.9 Å². The van der Waals surface area contributed by atoms with Crippen LogP contribution in [0.1, 0.15) is 31.9 Å². The van der Waals surface area contributed by atoms with Crippen LogP contribution in [0.25, 0.3) is 0 Å². The van der Waals surface area contributed by atoms with Crippen LogP contribution in [0.4, 0.5) is 4.79 Å². The quantitative estimate of drug-likeness (QED) is 0.843. The van der Waals surface area contributed by atoms with E-state index >= 15 is 0 Å². The van der Waals surface area contributed by atoms with Crippen molar-refractivity contribution < 1.29 is 4.79 Å². The lowest BCUT2D eigenvalue weighted by Gasteiger charge is -2.34. The summed E-state index contributed by atoms with van der Waals surface area (Å²) in [6.45, 7) is 5.36. The van der Waals surface area contributed by atoms with E-state index in [1.165, 1.54) is 0 Å². The zero-order chi connectivity index (χ0) is 13.2. The molecule has 5 heteroatoms. The fourth-order valence-corrected chi connectivity index (χ4v) is 2.33. The molecule has 0 radical (unpaired) electrons. The van der Waals surface area contributed by atoms with Crippen LogP contribution in [-0.4, -0.2) is 34.5 Å². The molecule has 1 unspecified atom stereocenters. The average Bonchev–Trinajstić information content (AvgIpc) is 2.73. The highest BCUT2D eigenvalue weighted by Gasteiger charge is 2.38. The maximum atomic E-state index is 12.0. The molecule has 1 aliphatic heterocycles. The van der Waals surface area contributed by atoms with Crippen molar-refractivity contribution in [3.05, 3.63) is 30.1 Å². The molecule has 0 saturated carbocycles. The van der Waals surface area contributed by atoms with Gasteiger partial charge in [-0.15, -0.1) is 0 Å². The average molecular weight is 248 g/mol. The number of nitrogens with zero attached hydrogens (tertiary/aromatic N) is 2. The number of carbonyl (C=O) groups excluding carboxylic acids is 1. The Morgan fingerprint density at radius 2 is 2.17 bits per heavy atom. The second-order valence-corrected chi connectivity index (χ2v) is 5.24. The van der Waals surface area contributed by atoms with Gasteiger partial charge in [0.25, 0.3) is 0 Å². The molecule has 1 aliphatic rings. The van der Waals surface area contributed by atoms with E-state index in [4.69, 9.17) is 5.73 Å². The van der Waals surface area contributed by atoms with Gasteiger partial charge in [0.15, 0.2) is 0 Å². The largest absolute Gasteiger partial charge is 0.330 e.